The van der Waals surface area contributed by atoms with Crippen LogP contribution in [0.15, 0.2) is 45.6 Å². The topological polar surface area (TPSA) is 59.3 Å². The summed E-state index contributed by atoms with van der Waals surface area (Å²) < 4.78 is 5.32. The first-order valence-corrected chi connectivity index (χ1v) is 9.98. The molecule has 0 saturated heterocycles. The highest BCUT2D eigenvalue weighted by Gasteiger charge is 2.10. The predicted molar refractivity (Wildman–Crippen MR) is 113 cm³/mol. The molecule has 3 aromatic rings. The van der Waals surface area contributed by atoms with Crippen molar-refractivity contribution in [3.8, 4) is 0 Å². The van der Waals surface area contributed by atoms with Gasteiger partial charge in [0.1, 0.15) is 5.58 Å². The molecule has 3 rings (SSSR count). The average Bonchev–Trinajstić information content (AvgIpc) is 2.60. The predicted octanol–water partition coefficient (Wildman–Crippen LogP) is 4.90. The van der Waals surface area contributed by atoms with E-state index in [2.05, 4.69) is 5.32 Å². The molecule has 0 spiro atoms. The Morgan fingerprint density at radius 3 is 2.56 bits per heavy atom. The Morgan fingerprint density at radius 1 is 1.04 bits per heavy atom. The van der Waals surface area contributed by atoms with Crippen LogP contribution in [0.1, 0.15) is 27.8 Å². The monoisotopic (exact) mass is 381 g/mol. The number of hydrogen-bond acceptors (Lipinski definition) is 4. The molecular weight excluding hydrogens is 358 g/mol. The fourth-order valence-corrected chi connectivity index (χ4v) is 3.75. The van der Waals surface area contributed by atoms with Crippen LogP contribution in [0, 0.1) is 27.7 Å². The maximum absolute atomic E-state index is 12.3. The highest BCUT2D eigenvalue weighted by atomic mass is 32.2. The van der Waals surface area contributed by atoms with E-state index in [0.29, 0.717) is 17.1 Å². The van der Waals surface area contributed by atoms with E-state index in [0.717, 1.165) is 38.9 Å². The van der Waals surface area contributed by atoms with Gasteiger partial charge in [-0.2, -0.15) is 0 Å². The Hall–Kier alpha value is -2.53. The summed E-state index contributed by atoms with van der Waals surface area (Å²) >= 11 is 1.48. The van der Waals surface area contributed by atoms with Gasteiger partial charge >= 0.3 is 5.63 Å². The van der Waals surface area contributed by atoms with Crippen molar-refractivity contribution in [3.05, 3.63) is 74.6 Å². The van der Waals surface area contributed by atoms with Crippen LogP contribution in [0.2, 0.25) is 0 Å². The molecule has 1 aromatic heterocycles. The normalized spacial score (nSPS) is 11.0. The van der Waals surface area contributed by atoms with Crippen LogP contribution in [-0.4, -0.2) is 11.7 Å². The van der Waals surface area contributed by atoms with E-state index < -0.39 is 0 Å². The van der Waals surface area contributed by atoms with Crippen LogP contribution in [-0.2, 0) is 10.5 Å². The Balaban J connectivity index is 1.70. The van der Waals surface area contributed by atoms with Crippen molar-refractivity contribution < 1.29 is 9.21 Å². The van der Waals surface area contributed by atoms with Gasteiger partial charge in [0, 0.05) is 22.9 Å². The second-order valence-corrected chi connectivity index (χ2v) is 7.80. The summed E-state index contributed by atoms with van der Waals surface area (Å²) in [5.74, 6) is 0.845. The number of carbonyl (C=O) groups excluding carboxylic acids is 1. The highest BCUT2D eigenvalue weighted by molar-refractivity contribution is 7.99. The number of carbonyl (C=O) groups is 1. The number of amides is 1. The summed E-state index contributed by atoms with van der Waals surface area (Å²) in [6, 6.07) is 11.3. The number of anilines is 1. The van der Waals surface area contributed by atoms with Gasteiger partial charge in [0.15, 0.2) is 0 Å². The standard InChI is InChI=1S/C22H23NO3S/c1-13-6-5-7-19(16(13)4)23-21(24)12-27-11-17-10-22(25)26-20-9-15(3)14(2)8-18(17)20/h5-10H,11-12H2,1-4H3,(H,23,24). The van der Waals surface area contributed by atoms with Crippen molar-refractivity contribution in [2.45, 2.75) is 33.4 Å². The van der Waals surface area contributed by atoms with Gasteiger partial charge in [0.25, 0.3) is 0 Å². The van der Waals surface area contributed by atoms with Crippen molar-refractivity contribution >= 4 is 34.3 Å². The van der Waals surface area contributed by atoms with E-state index in [1.54, 1.807) is 0 Å². The second kappa shape index (κ2) is 8.01. The minimum atomic E-state index is -0.360. The number of nitrogens with one attached hydrogen (secondary N) is 1. The van der Waals surface area contributed by atoms with Gasteiger partial charge in [-0.05, 0) is 73.7 Å². The third-order valence-corrected chi connectivity index (χ3v) is 5.80. The van der Waals surface area contributed by atoms with Gasteiger partial charge in [0.05, 0.1) is 5.75 Å². The summed E-state index contributed by atoms with van der Waals surface area (Å²) in [5.41, 5.74) is 6.44. The Kier molecular flexibility index (Phi) is 5.71. The molecule has 0 unspecified atom stereocenters. The van der Waals surface area contributed by atoms with Crippen molar-refractivity contribution in [2.24, 2.45) is 0 Å². The van der Waals surface area contributed by atoms with E-state index in [1.807, 2.05) is 58.0 Å². The summed E-state index contributed by atoms with van der Waals surface area (Å²) in [6.07, 6.45) is 0. The van der Waals surface area contributed by atoms with Gasteiger partial charge in [-0.15, -0.1) is 11.8 Å². The van der Waals surface area contributed by atoms with Crippen molar-refractivity contribution in [1.82, 2.24) is 0 Å². The maximum atomic E-state index is 12.3. The first-order valence-electron chi connectivity index (χ1n) is 8.83. The lowest BCUT2D eigenvalue weighted by Crippen LogP contribution is -2.15. The van der Waals surface area contributed by atoms with Crippen LogP contribution >= 0.6 is 11.8 Å². The van der Waals surface area contributed by atoms with Crippen molar-refractivity contribution in [2.75, 3.05) is 11.1 Å². The van der Waals surface area contributed by atoms with Crippen LogP contribution < -0.4 is 10.9 Å². The number of rotatable bonds is 5. The third-order valence-electron chi connectivity index (χ3n) is 4.81. The van der Waals surface area contributed by atoms with E-state index in [4.69, 9.17) is 4.42 Å². The molecule has 1 amide bonds. The zero-order valence-electron chi connectivity index (χ0n) is 16.0. The zero-order chi connectivity index (χ0) is 19.6. The smallest absolute Gasteiger partial charge is 0.336 e. The fraction of sp³-hybridized carbons (Fsp3) is 0.273. The minimum absolute atomic E-state index is 0.0482. The highest BCUT2D eigenvalue weighted by Crippen LogP contribution is 2.25. The molecule has 2 aromatic carbocycles. The molecule has 0 aliphatic rings. The number of hydrogen-bond donors (Lipinski definition) is 1. The molecule has 4 nitrogen and oxygen atoms in total. The largest absolute Gasteiger partial charge is 0.423 e. The average molecular weight is 381 g/mol. The number of thioether (sulfide) groups is 1. The molecule has 1 N–H and O–H groups in total. The Bertz CT molecular complexity index is 1070. The van der Waals surface area contributed by atoms with Crippen molar-refractivity contribution in [3.63, 3.8) is 0 Å². The first kappa shape index (κ1) is 19.2. The molecule has 5 heteroatoms. The van der Waals surface area contributed by atoms with Gasteiger partial charge < -0.3 is 9.73 Å². The van der Waals surface area contributed by atoms with Crippen LogP contribution in [0.4, 0.5) is 5.69 Å². The van der Waals surface area contributed by atoms with Gasteiger partial charge in [0.2, 0.25) is 5.91 Å². The molecule has 27 heavy (non-hydrogen) atoms. The fourth-order valence-electron chi connectivity index (χ4n) is 2.93. The molecule has 0 bridgehead atoms. The van der Waals surface area contributed by atoms with Crippen LogP contribution in [0.3, 0.4) is 0 Å². The molecule has 0 radical (unpaired) electrons. The summed E-state index contributed by atoms with van der Waals surface area (Å²) in [5, 5.41) is 3.89. The molecule has 0 saturated carbocycles. The lowest BCUT2D eigenvalue weighted by molar-refractivity contribution is -0.113. The minimum Gasteiger partial charge on any atom is -0.423 e. The SMILES string of the molecule is Cc1cc2oc(=O)cc(CSCC(=O)Nc3cccc(C)c3C)c2cc1C. The number of fused-ring (bicyclic) bond motifs is 1. The Morgan fingerprint density at radius 2 is 1.78 bits per heavy atom. The summed E-state index contributed by atoms with van der Waals surface area (Å²) in [4.78, 5) is 24.1. The number of aryl methyl sites for hydroxylation is 3. The molecule has 0 aliphatic heterocycles. The summed E-state index contributed by atoms with van der Waals surface area (Å²) in [7, 11) is 0. The summed E-state index contributed by atoms with van der Waals surface area (Å²) in [6.45, 7) is 8.05. The van der Waals surface area contributed by atoms with E-state index in [9.17, 15) is 9.59 Å². The molecule has 1 heterocycles. The third kappa shape index (κ3) is 4.42. The first-order chi connectivity index (χ1) is 12.8. The molecule has 0 fully saturated rings. The van der Waals surface area contributed by atoms with Crippen LogP contribution in [0.25, 0.3) is 11.0 Å². The quantitative estimate of drug-likeness (QED) is 0.639. The van der Waals surface area contributed by atoms with Gasteiger partial charge in [-0.3, -0.25) is 4.79 Å². The zero-order valence-corrected chi connectivity index (χ0v) is 16.8. The van der Waals surface area contributed by atoms with E-state index in [-0.39, 0.29) is 11.5 Å². The van der Waals surface area contributed by atoms with E-state index in [1.165, 1.54) is 17.8 Å². The molecular formula is C22H23NO3S. The maximum Gasteiger partial charge on any atom is 0.336 e. The van der Waals surface area contributed by atoms with Gasteiger partial charge in [-0.25, -0.2) is 4.79 Å². The van der Waals surface area contributed by atoms with Crippen molar-refractivity contribution in [1.29, 1.82) is 0 Å². The molecule has 140 valence electrons. The van der Waals surface area contributed by atoms with Crippen LogP contribution in [0.5, 0.6) is 0 Å². The van der Waals surface area contributed by atoms with Gasteiger partial charge in [-0.1, -0.05) is 12.1 Å². The second-order valence-electron chi connectivity index (χ2n) is 6.81. The number of benzene rings is 2. The lowest BCUT2D eigenvalue weighted by atomic mass is 10.0. The Labute approximate surface area is 163 Å². The lowest BCUT2D eigenvalue weighted by Gasteiger charge is -2.11. The molecule has 0 aliphatic carbocycles. The van der Waals surface area contributed by atoms with E-state index >= 15 is 0 Å². The molecule has 0 atom stereocenters.